The van der Waals surface area contributed by atoms with E-state index in [-0.39, 0.29) is 12.0 Å². The van der Waals surface area contributed by atoms with Gasteiger partial charge in [0.25, 0.3) is 5.91 Å². The minimum absolute atomic E-state index is 0.0675. The number of halogens is 1. The van der Waals surface area contributed by atoms with Crippen LogP contribution in [0, 0.1) is 0 Å². The summed E-state index contributed by atoms with van der Waals surface area (Å²) in [5.41, 5.74) is 1.01. The van der Waals surface area contributed by atoms with Crippen LogP contribution in [0.25, 0.3) is 0 Å². The summed E-state index contributed by atoms with van der Waals surface area (Å²) in [6.07, 6.45) is 3.63. The fourth-order valence-electron chi connectivity index (χ4n) is 2.23. The SMILES string of the molecule is Cn1cc([C@@H]2CN(C(=O)c3ccc(Br)s3)CCO2)cn1. The first-order valence-corrected chi connectivity index (χ1v) is 7.89. The summed E-state index contributed by atoms with van der Waals surface area (Å²) >= 11 is 4.85. The van der Waals surface area contributed by atoms with E-state index in [1.165, 1.54) is 11.3 Å². The van der Waals surface area contributed by atoms with Crippen molar-refractivity contribution in [2.75, 3.05) is 19.7 Å². The Hall–Kier alpha value is -1.18. The minimum atomic E-state index is -0.0928. The Bertz CT molecular complexity index is 625. The summed E-state index contributed by atoms with van der Waals surface area (Å²) in [7, 11) is 1.87. The van der Waals surface area contributed by atoms with E-state index in [1.807, 2.05) is 30.3 Å². The molecule has 0 aromatic carbocycles. The number of morpholine rings is 1. The molecule has 1 fully saturated rings. The Labute approximate surface area is 129 Å². The highest BCUT2D eigenvalue weighted by molar-refractivity contribution is 9.11. The second-order valence-corrected chi connectivity index (χ2v) is 7.12. The molecule has 3 heterocycles. The largest absolute Gasteiger partial charge is 0.370 e. The maximum atomic E-state index is 12.4. The summed E-state index contributed by atoms with van der Waals surface area (Å²) in [5, 5.41) is 4.15. The van der Waals surface area contributed by atoms with Crippen molar-refractivity contribution in [3.63, 3.8) is 0 Å². The molecular weight excluding hydrogens is 342 g/mol. The van der Waals surface area contributed by atoms with Crippen molar-refractivity contribution < 1.29 is 9.53 Å². The fourth-order valence-corrected chi connectivity index (χ4v) is 3.58. The monoisotopic (exact) mass is 355 g/mol. The van der Waals surface area contributed by atoms with Gasteiger partial charge in [0, 0.05) is 25.4 Å². The number of rotatable bonds is 2. The second kappa shape index (κ2) is 5.67. The average Bonchev–Trinajstić information content (AvgIpc) is 3.07. The van der Waals surface area contributed by atoms with Crippen LogP contribution in [0.15, 0.2) is 28.3 Å². The Morgan fingerprint density at radius 1 is 1.55 bits per heavy atom. The molecule has 7 heteroatoms. The molecule has 2 aromatic heterocycles. The highest BCUT2D eigenvalue weighted by atomic mass is 79.9. The van der Waals surface area contributed by atoms with Crippen molar-refractivity contribution in [3.8, 4) is 0 Å². The van der Waals surface area contributed by atoms with Crippen molar-refractivity contribution >= 4 is 33.2 Å². The number of aryl methyl sites for hydroxylation is 1. The first-order chi connectivity index (χ1) is 9.63. The van der Waals surface area contributed by atoms with Crippen molar-refractivity contribution in [1.82, 2.24) is 14.7 Å². The zero-order valence-electron chi connectivity index (χ0n) is 11.0. The molecule has 3 rings (SSSR count). The van der Waals surface area contributed by atoms with E-state index >= 15 is 0 Å². The number of carbonyl (C=O) groups is 1. The van der Waals surface area contributed by atoms with Gasteiger partial charge in [-0.15, -0.1) is 11.3 Å². The molecule has 1 aliphatic rings. The van der Waals surface area contributed by atoms with E-state index in [4.69, 9.17) is 4.74 Å². The maximum Gasteiger partial charge on any atom is 0.264 e. The molecule has 2 aromatic rings. The average molecular weight is 356 g/mol. The molecule has 0 spiro atoms. The number of thiophene rings is 1. The zero-order valence-corrected chi connectivity index (χ0v) is 13.4. The smallest absolute Gasteiger partial charge is 0.264 e. The number of ether oxygens (including phenoxy) is 1. The van der Waals surface area contributed by atoms with E-state index < -0.39 is 0 Å². The van der Waals surface area contributed by atoms with Gasteiger partial charge >= 0.3 is 0 Å². The Morgan fingerprint density at radius 3 is 3.05 bits per heavy atom. The normalized spacial score (nSPS) is 19.3. The molecule has 0 aliphatic carbocycles. The van der Waals surface area contributed by atoms with Crippen LogP contribution in [0.2, 0.25) is 0 Å². The van der Waals surface area contributed by atoms with Crippen molar-refractivity contribution in [1.29, 1.82) is 0 Å². The van der Waals surface area contributed by atoms with E-state index in [9.17, 15) is 4.79 Å². The predicted molar refractivity (Wildman–Crippen MR) is 79.8 cm³/mol. The molecule has 20 heavy (non-hydrogen) atoms. The van der Waals surface area contributed by atoms with Gasteiger partial charge in [-0.05, 0) is 28.1 Å². The first-order valence-electron chi connectivity index (χ1n) is 6.28. The lowest BCUT2D eigenvalue weighted by molar-refractivity contribution is -0.0226. The second-order valence-electron chi connectivity index (χ2n) is 4.66. The zero-order chi connectivity index (χ0) is 14.1. The summed E-state index contributed by atoms with van der Waals surface area (Å²) in [6, 6.07) is 3.75. The van der Waals surface area contributed by atoms with Gasteiger partial charge in [0.15, 0.2) is 0 Å². The number of amides is 1. The van der Waals surface area contributed by atoms with Crippen LogP contribution in [-0.2, 0) is 11.8 Å². The van der Waals surface area contributed by atoms with Gasteiger partial charge in [0.1, 0.15) is 6.10 Å². The van der Waals surface area contributed by atoms with E-state index in [0.717, 1.165) is 14.2 Å². The Kier molecular flexibility index (Phi) is 3.91. The molecule has 106 valence electrons. The molecule has 1 saturated heterocycles. The number of aromatic nitrogens is 2. The molecule has 1 atom stereocenters. The molecule has 1 amide bonds. The van der Waals surface area contributed by atoms with E-state index in [1.54, 1.807) is 10.9 Å². The standard InChI is InChI=1S/C13H14BrN3O2S/c1-16-7-9(6-15-16)10-8-17(4-5-19-10)13(18)11-2-3-12(14)20-11/h2-3,6-7,10H,4-5,8H2,1H3/t10-/m0/s1. The molecule has 5 nitrogen and oxygen atoms in total. The van der Waals surface area contributed by atoms with Gasteiger partial charge in [-0.1, -0.05) is 0 Å². The molecular formula is C13H14BrN3O2S. The van der Waals surface area contributed by atoms with Gasteiger partial charge < -0.3 is 9.64 Å². The summed E-state index contributed by atoms with van der Waals surface area (Å²) in [5.74, 6) is 0.0675. The maximum absolute atomic E-state index is 12.4. The third-order valence-corrected chi connectivity index (χ3v) is 4.85. The van der Waals surface area contributed by atoms with Crippen LogP contribution >= 0.6 is 27.3 Å². The highest BCUT2D eigenvalue weighted by Gasteiger charge is 2.27. The molecule has 0 radical (unpaired) electrons. The molecule has 0 bridgehead atoms. The summed E-state index contributed by atoms with van der Waals surface area (Å²) < 4.78 is 8.46. The lowest BCUT2D eigenvalue weighted by Crippen LogP contribution is -2.41. The molecule has 0 saturated carbocycles. The molecule has 0 unspecified atom stereocenters. The first kappa shape index (κ1) is 13.8. The summed E-state index contributed by atoms with van der Waals surface area (Å²) in [4.78, 5) is 15.0. The van der Waals surface area contributed by atoms with Crippen molar-refractivity contribution in [2.45, 2.75) is 6.10 Å². The van der Waals surface area contributed by atoms with Gasteiger partial charge in [-0.2, -0.15) is 5.10 Å². The van der Waals surface area contributed by atoms with E-state index in [0.29, 0.717) is 19.7 Å². The Balaban J connectivity index is 1.73. The topological polar surface area (TPSA) is 47.4 Å². The van der Waals surface area contributed by atoms with Crippen LogP contribution in [0.5, 0.6) is 0 Å². The van der Waals surface area contributed by atoms with Gasteiger partial charge in [-0.3, -0.25) is 9.48 Å². The van der Waals surface area contributed by atoms with Gasteiger partial charge in [0.2, 0.25) is 0 Å². The number of carbonyl (C=O) groups excluding carboxylic acids is 1. The van der Waals surface area contributed by atoms with Crippen LogP contribution in [0.4, 0.5) is 0 Å². The van der Waals surface area contributed by atoms with Crippen LogP contribution in [0.3, 0.4) is 0 Å². The Morgan fingerprint density at radius 2 is 2.40 bits per heavy atom. The lowest BCUT2D eigenvalue weighted by atomic mass is 10.1. The van der Waals surface area contributed by atoms with Crippen molar-refractivity contribution in [3.05, 3.63) is 38.8 Å². The molecule has 1 aliphatic heterocycles. The molecule has 0 N–H and O–H groups in total. The third-order valence-electron chi connectivity index (χ3n) is 3.23. The van der Waals surface area contributed by atoms with Gasteiger partial charge in [-0.25, -0.2) is 0 Å². The van der Waals surface area contributed by atoms with Crippen LogP contribution in [-0.4, -0.2) is 40.3 Å². The predicted octanol–water partition coefficient (Wildman–Crippen LogP) is 2.46. The number of hydrogen-bond acceptors (Lipinski definition) is 4. The summed E-state index contributed by atoms with van der Waals surface area (Å²) in [6.45, 7) is 1.75. The quantitative estimate of drug-likeness (QED) is 0.831. The number of hydrogen-bond donors (Lipinski definition) is 0. The highest BCUT2D eigenvalue weighted by Crippen LogP contribution is 2.26. The number of nitrogens with zero attached hydrogens (tertiary/aromatic N) is 3. The van der Waals surface area contributed by atoms with Crippen LogP contribution < -0.4 is 0 Å². The van der Waals surface area contributed by atoms with Crippen LogP contribution in [0.1, 0.15) is 21.3 Å². The third kappa shape index (κ3) is 2.79. The minimum Gasteiger partial charge on any atom is -0.370 e. The lowest BCUT2D eigenvalue weighted by Gasteiger charge is -2.32. The van der Waals surface area contributed by atoms with Gasteiger partial charge in [0.05, 0.1) is 28.0 Å². The van der Waals surface area contributed by atoms with E-state index in [2.05, 4.69) is 21.0 Å². The fraction of sp³-hybridized carbons (Fsp3) is 0.385. The van der Waals surface area contributed by atoms with Crippen molar-refractivity contribution in [2.24, 2.45) is 7.05 Å².